The summed E-state index contributed by atoms with van der Waals surface area (Å²) >= 11 is 5.80. The van der Waals surface area contributed by atoms with Crippen LogP contribution < -0.4 is 4.74 Å². The minimum absolute atomic E-state index is 0.230. The van der Waals surface area contributed by atoms with E-state index < -0.39 is 5.97 Å². The largest absolute Gasteiger partial charge is 0.486 e. The zero-order valence-corrected chi connectivity index (χ0v) is 11.6. The molecule has 0 radical (unpaired) electrons. The Morgan fingerprint density at radius 1 is 1.14 bits per heavy atom. The monoisotopic (exact) mass is 302 g/mol. The standard InChI is InChI=1S/C16H11ClO4/c17-12-2-4-13(5-3-12)20-9-14-8-11-7-10(16(18)19)1-6-15(11)21-14/h1-8H,9H2,(H,18,19). The van der Waals surface area contributed by atoms with Crippen LogP contribution in [0.5, 0.6) is 5.75 Å². The SMILES string of the molecule is O=C(O)c1ccc2oc(COc3ccc(Cl)cc3)cc2c1. The molecule has 0 atom stereocenters. The first-order chi connectivity index (χ1) is 10.1. The van der Waals surface area contributed by atoms with E-state index >= 15 is 0 Å². The van der Waals surface area contributed by atoms with Gasteiger partial charge in [0.2, 0.25) is 0 Å². The Labute approximate surface area is 125 Å². The lowest BCUT2D eigenvalue weighted by atomic mass is 10.1. The number of halogens is 1. The van der Waals surface area contributed by atoms with Gasteiger partial charge in [0.15, 0.2) is 0 Å². The molecule has 0 unspecified atom stereocenters. The van der Waals surface area contributed by atoms with Crippen molar-refractivity contribution in [3.8, 4) is 5.75 Å². The van der Waals surface area contributed by atoms with Gasteiger partial charge in [0.05, 0.1) is 5.56 Å². The van der Waals surface area contributed by atoms with E-state index in [-0.39, 0.29) is 12.2 Å². The summed E-state index contributed by atoms with van der Waals surface area (Å²) in [4.78, 5) is 10.9. The van der Waals surface area contributed by atoms with Crippen LogP contribution in [0.25, 0.3) is 11.0 Å². The highest BCUT2D eigenvalue weighted by Gasteiger charge is 2.08. The minimum Gasteiger partial charge on any atom is -0.486 e. The summed E-state index contributed by atoms with van der Waals surface area (Å²) in [5.41, 5.74) is 0.864. The number of ether oxygens (including phenoxy) is 1. The molecule has 2 aromatic carbocycles. The van der Waals surface area contributed by atoms with Gasteiger partial charge in [-0.1, -0.05) is 11.6 Å². The maximum absolute atomic E-state index is 10.9. The van der Waals surface area contributed by atoms with Gasteiger partial charge < -0.3 is 14.3 Å². The van der Waals surface area contributed by atoms with Gasteiger partial charge in [-0.3, -0.25) is 0 Å². The van der Waals surface area contributed by atoms with Crippen LogP contribution in [0.2, 0.25) is 5.02 Å². The molecule has 4 nitrogen and oxygen atoms in total. The first kappa shape index (κ1) is 13.5. The molecule has 0 saturated heterocycles. The van der Waals surface area contributed by atoms with Crippen molar-refractivity contribution < 1.29 is 19.1 Å². The summed E-state index contributed by atoms with van der Waals surface area (Å²) in [6.07, 6.45) is 0. The summed E-state index contributed by atoms with van der Waals surface area (Å²) in [6, 6.07) is 13.5. The molecule has 0 aliphatic carbocycles. The fourth-order valence-corrected chi connectivity index (χ4v) is 2.11. The van der Waals surface area contributed by atoms with Gasteiger partial charge in [-0.05, 0) is 48.5 Å². The zero-order chi connectivity index (χ0) is 14.8. The fourth-order valence-electron chi connectivity index (χ4n) is 1.99. The van der Waals surface area contributed by atoms with Crippen molar-refractivity contribution in [3.05, 3.63) is 64.9 Å². The Bertz CT molecular complexity index is 790. The lowest BCUT2D eigenvalue weighted by molar-refractivity contribution is 0.0697. The molecule has 0 spiro atoms. The van der Waals surface area contributed by atoms with Gasteiger partial charge in [-0.2, -0.15) is 0 Å². The predicted molar refractivity (Wildman–Crippen MR) is 79.0 cm³/mol. The number of aromatic carboxylic acids is 1. The van der Waals surface area contributed by atoms with Crippen molar-refractivity contribution in [2.75, 3.05) is 0 Å². The second kappa shape index (κ2) is 5.50. The Morgan fingerprint density at radius 2 is 1.90 bits per heavy atom. The van der Waals surface area contributed by atoms with Crippen molar-refractivity contribution in [1.82, 2.24) is 0 Å². The van der Waals surface area contributed by atoms with Crippen LogP contribution in [-0.4, -0.2) is 11.1 Å². The van der Waals surface area contributed by atoms with Crippen LogP contribution in [0.15, 0.2) is 52.9 Å². The lowest BCUT2D eigenvalue weighted by Gasteiger charge is -2.03. The molecule has 1 N–H and O–H groups in total. The number of rotatable bonds is 4. The number of carbonyl (C=O) groups is 1. The fraction of sp³-hybridized carbons (Fsp3) is 0.0625. The average molecular weight is 303 g/mol. The zero-order valence-electron chi connectivity index (χ0n) is 10.9. The minimum atomic E-state index is -0.961. The van der Waals surface area contributed by atoms with Crippen LogP contribution in [0.3, 0.4) is 0 Å². The van der Waals surface area contributed by atoms with E-state index in [1.807, 2.05) is 0 Å². The van der Waals surface area contributed by atoms with Gasteiger partial charge in [-0.25, -0.2) is 4.79 Å². The number of hydrogen-bond donors (Lipinski definition) is 1. The molecule has 0 bridgehead atoms. The molecule has 0 saturated carbocycles. The topological polar surface area (TPSA) is 59.7 Å². The van der Waals surface area contributed by atoms with Gasteiger partial charge in [0.1, 0.15) is 23.7 Å². The van der Waals surface area contributed by atoms with Crippen molar-refractivity contribution in [1.29, 1.82) is 0 Å². The molecule has 0 aliphatic heterocycles. The number of carboxylic acids is 1. The van der Waals surface area contributed by atoms with Gasteiger partial charge in [0, 0.05) is 10.4 Å². The van der Waals surface area contributed by atoms with Crippen LogP contribution in [0, 0.1) is 0 Å². The van der Waals surface area contributed by atoms with Gasteiger partial charge in [-0.15, -0.1) is 0 Å². The highest BCUT2D eigenvalue weighted by atomic mass is 35.5. The Morgan fingerprint density at radius 3 is 2.62 bits per heavy atom. The summed E-state index contributed by atoms with van der Waals surface area (Å²) in [7, 11) is 0. The third kappa shape index (κ3) is 3.01. The Balaban J connectivity index is 1.78. The number of carboxylic acid groups (broad SMARTS) is 1. The number of furan rings is 1. The number of fused-ring (bicyclic) bond motifs is 1. The van der Waals surface area contributed by atoms with Crippen LogP contribution >= 0.6 is 11.6 Å². The van der Waals surface area contributed by atoms with Crippen molar-refractivity contribution >= 4 is 28.5 Å². The molecule has 5 heteroatoms. The van der Waals surface area contributed by atoms with E-state index in [0.29, 0.717) is 22.1 Å². The van der Waals surface area contributed by atoms with Crippen molar-refractivity contribution in [2.24, 2.45) is 0 Å². The highest BCUT2D eigenvalue weighted by molar-refractivity contribution is 6.30. The number of benzene rings is 2. The van der Waals surface area contributed by atoms with Gasteiger partial charge in [0.25, 0.3) is 0 Å². The van der Waals surface area contributed by atoms with E-state index in [1.54, 1.807) is 42.5 Å². The quantitative estimate of drug-likeness (QED) is 0.777. The molecule has 3 rings (SSSR count). The second-order valence-corrected chi connectivity index (χ2v) is 4.95. The van der Waals surface area contributed by atoms with E-state index in [9.17, 15) is 4.79 Å². The summed E-state index contributed by atoms with van der Waals surface area (Å²) in [5.74, 6) is 0.352. The highest BCUT2D eigenvalue weighted by Crippen LogP contribution is 2.23. The first-order valence-corrected chi connectivity index (χ1v) is 6.64. The maximum atomic E-state index is 10.9. The maximum Gasteiger partial charge on any atom is 0.335 e. The van der Waals surface area contributed by atoms with Crippen LogP contribution in [0.4, 0.5) is 0 Å². The summed E-state index contributed by atoms with van der Waals surface area (Å²) in [6.45, 7) is 0.263. The third-order valence-corrected chi connectivity index (χ3v) is 3.26. The van der Waals surface area contributed by atoms with E-state index in [4.69, 9.17) is 25.9 Å². The molecule has 1 aromatic heterocycles. The average Bonchev–Trinajstić information content (AvgIpc) is 2.88. The van der Waals surface area contributed by atoms with Gasteiger partial charge >= 0.3 is 5.97 Å². The molecule has 0 amide bonds. The molecule has 21 heavy (non-hydrogen) atoms. The number of hydrogen-bond acceptors (Lipinski definition) is 3. The molecule has 1 heterocycles. The lowest BCUT2D eigenvalue weighted by Crippen LogP contribution is -1.94. The molecule has 0 fully saturated rings. The summed E-state index contributed by atoms with van der Waals surface area (Å²) in [5, 5.41) is 10.3. The van der Waals surface area contributed by atoms with Crippen LogP contribution in [0.1, 0.15) is 16.1 Å². The molecular weight excluding hydrogens is 292 g/mol. The Kier molecular flexibility index (Phi) is 3.54. The molecular formula is C16H11ClO4. The first-order valence-electron chi connectivity index (χ1n) is 6.26. The molecule has 0 aliphatic rings. The second-order valence-electron chi connectivity index (χ2n) is 4.51. The van der Waals surface area contributed by atoms with E-state index in [0.717, 1.165) is 5.39 Å². The molecule has 106 valence electrons. The van der Waals surface area contributed by atoms with Crippen LogP contribution in [-0.2, 0) is 6.61 Å². The molecule has 3 aromatic rings. The smallest absolute Gasteiger partial charge is 0.335 e. The van der Waals surface area contributed by atoms with Crippen molar-refractivity contribution in [3.63, 3.8) is 0 Å². The van der Waals surface area contributed by atoms with E-state index in [1.165, 1.54) is 6.07 Å². The summed E-state index contributed by atoms with van der Waals surface area (Å²) < 4.78 is 11.2. The van der Waals surface area contributed by atoms with E-state index in [2.05, 4.69) is 0 Å². The third-order valence-electron chi connectivity index (χ3n) is 3.01. The predicted octanol–water partition coefficient (Wildman–Crippen LogP) is 4.36. The Hall–Kier alpha value is -2.46. The normalized spacial score (nSPS) is 10.7. The van der Waals surface area contributed by atoms with Crippen molar-refractivity contribution in [2.45, 2.75) is 6.61 Å².